The van der Waals surface area contributed by atoms with E-state index >= 15 is 0 Å². The Morgan fingerprint density at radius 2 is 2.24 bits per heavy atom. The van der Waals surface area contributed by atoms with Gasteiger partial charge in [-0.05, 0) is 45.0 Å². The minimum absolute atomic E-state index is 0.101. The number of hydrogen-bond donors (Lipinski definition) is 1. The molecule has 17 heavy (non-hydrogen) atoms. The molecule has 94 valence electrons. The van der Waals surface area contributed by atoms with E-state index < -0.39 is 0 Å². The number of aryl methyl sites for hydroxylation is 1. The third-order valence-corrected chi connectivity index (χ3v) is 3.55. The first kappa shape index (κ1) is 12.4. The summed E-state index contributed by atoms with van der Waals surface area (Å²) >= 11 is 0. The van der Waals surface area contributed by atoms with Gasteiger partial charge in [-0.15, -0.1) is 0 Å². The van der Waals surface area contributed by atoms with Crippen molar-refractivity contribution in [3.63, 3.8) is 0 Å². The Labute approximate surface area is 104 Å². The Morgan fingerprint density at radius 1 is 1.47 bits per heavy atom. The Morgan fingerprint density at radius 3 is 2.82 bits per heavy atom. The summed E-state index contributed by atoms with van der Waals surface area (Å²) in [5.74, 6) is 0.954. The van der Waals surface area contributed by atoms with Crippen LogP contribution in [-0.2, 0) is 6.42 Å². The standard InChI is InChI=1S/C14H22N2O/c1-11-4-5-13(17-3)12(8-11)9-14(15)6-7-16(2)10-14/h4-5,8H,6-7,9-10,15H2,1-3H3. The predicted octanol–water partition coefficient (Wildman–Crippen LogP) is 1.58. The normalized spacial score (nSPS) is 25.2. The van der Waals surface area contributed by atoms with Gasteiger partial charge < -0.3 is 15.4 Å². The van der Waals surface area contributed by atoms with Gasteiger partial charge >= 0.3 is 0 Å². The van der Waals surface area contributed by atoms with Crippen molar-refractivity contribution in [2.45, 2.75) is 25.3 Å². The highest BCUT2D eigenvalue weighted by Crippen LogP contribution is 2.28. The number of methoxy groups -OCH3 is 1. The highest BCUT2D eigenvalue weighted by Gasteiger charge is 2.33. The van der Waals surface area contributed by atoms with Crippen LogP contribution in [0.3, 0.4) is 0 Å². The van der Waals surface area contributed by atoms with E-state index in [1.54, 1.807) is 7.11 Å². The van der Waals surface area contributed by atoms with Crippen LogP contribution in [0.25, 0.3) is 0 Å². The highest BCUT2D eigenvalue weighted by molar-refractivity contribution is 5.38. The molecular formula is C14H22N2O. The van der Waals surface area contributed by atoms with Gasteiger partial charge in [0.1, 0.15) is 5.75 Å². The first-order valence-corrected chi connectivity index (χ1v) is 6.13. The average Bonchev–Trinajstić information content (AvgIpc) is 2.59. The maximum Gasteiger partial charge on any atom is 0.122 e. The molecule has 0 saturated carbocycles. The highest BCUT2D eigenvalue weighted by atomic mass is 16.5. The number of likely N-dealkylation sites (tertiary alicyclic amines) is 1. The number of hydrogen-bond acceptors (Lipinski definition) is 3. The van der Waals surface area contributed by atoms with Gasteiger partial charge in [0.2, 0.25) is 0 Å². The lowest BCUT2D eigenvalue weighted by atomic mass is 9.90. The van der Waals surface area contributed by atoms with Gasteiger partial charge in [0.05, 0.1) is 7.11 Å². The van der Waals surface area contributed by atoms with Crippen molar-refractivity contribution in [3.05, 3.63) is 29.3 Å². The van der Waals surface area contributed by atoms with Crippen molar-refractivity contribution < 1.29 is 4.74 Å². The topological polar surface area (TPSA) is 38.5 Å². The van der Waals surface area contributed by atoms with Gasteiger partial charge in [0.15, 0.2) is 0 Å². The van der Waals surface area contributed by atoms with Crippen LogP contribution in [0.5, 0.6) is 5.75 Å². The lowest BCUT2D eigenvalue weighted by Crippen LogP contribution is -2.44. The zero-order valence-electron chi connectivity index (χ0n) is 11.0. The van der Waals surface area contributed by atoms with E-state index in [2.05, 4.69) is 31.0 Å². The fourth-order valence-electron chi connectivity index (χ4n) is 2.68. The quantitative estimate of drug-likeness (QED) is 0.863. The van der Waals surface area contributed by atoms with Crippen molar-refractivity contribution in [1.82, 2.24) is 4.90 Å². The van der Waals surface area contributed by atoms with E-state index in [4.69, 9.17) is 10.5 Å². The largest absolute Gasteiger partial charge is 0.496 e. The van der Waals surface area contributed by atoms with Gasteiger partial charge in [-0.3, -0.25) is 0 Å². The van der Waals surface area contributed by atoms with Crippen molar-refractivity contribution in [1.29, 1.82) is 0 Å². The van der Waals surface area contributed by atoms with Crippen LogP contribution in [0.4, 0.5) is 0 Å². The minimum Gasteiger partial charge on any atom is -0.496 e. The molecule has 1 aromatic rings. The molecule has 0 aliphatic carbocycles. The van der Waals surface area contributed by atoms with E-state index in [0.29, 0.717) is 0 Å². The van der Waals surface area contributed by atoms with Crippen LogP contribution in [-0.4, -0.2) is 37.7 Å². The number of rotatable bonds is 3. The fourth-order valence-corrected chi connectivity index (χ4v) is 2.68. The maximum atomic E-state index is 6.46. The maximum absolute atomic E-state index is 6.46. The molecule has 0 bridgehead atoms. The summed E-state index contributed by atoms with van der Waals surface area (Å²) in [5.41, 5.74) is 8.84. The van der Waals surface area contributed by atoms with Crippen LogP contribution >= 0.6 is 0 Å². The zero-order chi connectivity index (χ0) is 12.5. The Bertz CT molecular complexity index is 405. The minimum atomic E-state index is -0.101. The average molecular weight is 234 g/mol. The SMILES string of the molecule is COc1ccc(C)cc1CC1(N)CCN(C)C1. The molecular weight excluding hydrogens is 212 g/mol. The fraction of sp³-hybridized carbons (Fsp3) is 0.571. The molecule has 1 atom stereocenters. The van der Waals surface area contributed by atoms with E-state index in [0.717, 1.165) is 31.7 Å². The van der Waals surface area contributed by atoms with Crippen LogP contribution in [0, 0.1) is 6.92 Å². The summed E-state index contributed by atoms with van der Waals surface area (Å²) in [6.45, 7) is 4.15. The van der Waals surface area contributed by atoms with E-state index in [9.17, 15) is 0 Å². The predicted molar refractivity (Wildman–Crippen MR) is 70.5 cm³/mol. The molecule has 1 unspecified atom stereocenters. The monoisotopic (exact) mass is 234 g/mol. The van der Waals surface area contributed by atoms with E-state index in [1.165, 1.54) is 11.1 Å². The van der Waals surface area contributed by atoms with Crippen molar-refractivity contribution in [3.8, 4) is 5.75 Å². The van der Waals surface area contributed by atoms with E-state index in [1.807, 2.05) is 6.07 Å². The van der Waals surface area contributed by atoms with E-state index in [-0.39, 0.29) is 5.54 Å². The number of ether oxygens (including phenoxy) is 1. The first-order chi connectivity index (χ1) is 8.02. The smallest absolute Gasteiger partial charge is 0.122 e. The Hall–Kier alpha value is -1.06. The molecule has 3 heteroatoms. The van der Waals surface area contributed by atoms with Gasteiger partial charge in [-0.25, -0.2) is 0 Å². The number of likely N-dealkylation sites (N-methyl/N-ethyl adjacent to an activating group) is 1. The molecule has 2 rings (SSSR count). The number of nitrogens with two attached hydrogens (primary N) is 1. The second kappa shape index (κ2) is 4.67. The van der Waals surface area contributed by atoms with Gasteiger partial charge in [0, 0.05) is 12.1 Å². The molecule has 2 N–H and O–H groups in total. The molecule has 1 heterocycles. The summed E-state index contributed by atoms with van der Waals surface area (Å²) in [6.07, 6.45) is 1.95. The first-order valence-electron chi connectivity index (χ1n) is 6.13. The van der Waals surface area contributed by atoms with Gasteiger partial charge in [0.25, 0.3) is 0 Å². The third-order valence-electron chi connectivity index (χ3n) is 3.55. The molecule has 1 aliphatic rings. The van der Waals surface area contributed by atoms with Gasteiger partial charge in [-0.2, -0.15) is 0 Å². The summed E-state index contributed by atoms with van der Waals surface area (Å²) in [7, 11) is 3.85. The Balaban J connectivity index is 2.20. The molecule has 1 aromatic carbocycles. The van der Waals surface area contributed by atoms with Crippen LogP contribution < -0.4 is 10.5 Å². The van der Waals surface area contributed by atoms with Crippen molar-refractivity contribution >= 4 is 0 Å². The second-order valence-electron chi connectivity index (χ2n) is 5.34. The summed E-state index contributed by atoms with van der Waals surface area (Å²) < 4.78 is 5.41. The summed E-state index contributed by atoms with van der Waals surface area (Å²) in [6, 6.07) is 6.30. The van der Waals surface area contributed by atoms with Gasteiger partial charge in [-0.1, -0.05) is 17.7 Å². The Kier molecular flexibility index (Phi) is 3.40. The molecule has 0 amide bonds. The van der Waals surface area contributed by atoms with Crippen LogP contribution in [0.2, 0.25) is 0 Å². The van der Waals surface area contributed by atoms with Crippen LogP contribution in [0.1, 0.15) is 17.5 Å². The summed E-state index contributed by atoms with van der Waals surface area (Å²) in [4.78, 5) is 2.29. The molecule has 3 nitrogen and oxygen atoms in total. The lowest BCUT2D eigenvalue weighted by molar-refractivity contribution is 0.359. The lowest BCUT2D eigenvalue weighted by Gasteiger charge is -2.25. The molecule has 0 aromatic heterocycles. The molecule has 0 spiro atoms. The van der Waals surface area contributed by atoms with Crippen LogP contribution in [0.15, 0.2) is 18.2 Å². The number of nitrogens with zero attached hydrogens (tertiary/aromatic N) is 1. The van der Waals surface area contributed by atoms with Crippen molar-refractivity contribution in [2.75, 3.05) is 27.2 Å². The third kappa shape index (κ3) is 2.79. The molecule has 1 aliphatic heterocycles. The molecule has 1 fully saturated rings. The summed E-state index contributed by atoms with van der Waals surface area (Å²) in [5, 5.41) is 0. The molecule has 0 radical (unpaired) electrons. The van der Waals surface area contributed by atoms with Crippen molar-refractivity contribution in [2.24, 2.45) is 5.73 Å². The second-order valence-corrected chi connectivity index (χ2v) is 5.34. The molecule has 1 saturated heterocycles. The zero-order valence-corrected chi connectivity index (χ0v) is 11.0. The number of benzene rings is 1.